The molecule has 0 radical (unpaired) electrons. The number of phenolic OH excluding ortho intramolecular Hbond substituents is 2. The fraction of sp³-hybridized carbons (Fsp3) is 0.0800. The van der Waals surface area contributed by atoms with Gasteiger partial charge < -0.3 is 15.3 Å². The molecule has 0 bridgehead atoms. The van der Waals surface area contributed by atoms with Crippen LogP contribution in [0.1, 0.15) is 21.5 Å². The summed E-state index contributed by atoms with van der Waals surface area (Å²) < 4.78 is 53.2. The number of fused-ring (bicyclic) bond motifs is 1. The maximum absolute atomic E-state index is 13.3. The number of carbonyl (C=O) groups is 1. The Bertz CT molecular complexity index is 1640. The molecule has 0 saturated carbocycles. The van der Waals surface area contributed by atoms with Crippen LogP contribution in [0.2, 0.25) is 0 Å². The molecule has 0 spiro atoms. The molecule has 0 aliphatic rings. The van der Waals surface area contributed by atoms with Crippen LogP contribution in [0.4, 0.5) is 0 Å². The number of carboxylic acids is 1. The molecule has 0 aromatic heterocycles. The average Bonchev–Trinajstić information content (AvgIpc) is 2.80. The van der Waals surface area contributed by atoms with E-state index in [0.717, 1.165) is 12.1 Å². The Morgan fingerprint density at radius 3 is 1.60 bits per heavy atom. The van der Waals surface area contributed by atoms with Gasteiger partial charge in [0.15, 0.2) is 19.7 Å². The van der Waals surface area contributed by atoms with Crippen molar-refractivity contribution in [3.63, 3.8) is 0 Å². The molecule has 0 atom stereocenters. The highest BCUT2D eigenvalue weighted by Gasteiger charge is 2.25. The Balaban J connectivity index is 1.88. The largest absolute Gasteiger partial charge is 0.508 e. The summed E-state index contributed by atoms with van der Waals surface area (Å²) in [6.07, 6.45) is 0. The molecule has 4 aromatic rings. The zero-order valence-electron chi connectivity index (χ0n) is 18.1. The number of phenols is 2. The van der Waals surface area contributed by atoms with Crippen molar-refractivity contribution in [2.24, 2.45) is 0 Å². The van der Waals surface area contributed by atoms with Gasteiger partial charge in [-0.05, 0) is 53.6 Å². The Hall–Kier alpha value is -3.89. The molecule has 3 N–H and O–H groups in total. The number of hydrogen-bond acceptors (Lipinski definition) is 7. The van der Waals surface area contributed by atoms with Crippen molar-refractivity contribution < 1.29 is 36.9 Å². The highest BCUT2D eigenvalue weighted by atomic mass is 32.2. The summed E-state index contributed by atoms with van der Waals surface area (Å²) in [5.41, 5.74) is 0.399. The molecule has 0 aliphatic heterocycles. The van der Waals surface area contributed by atoms with Crippen LogP contribution in [-0.4, -0.2) is 38.1 Å². The van der Waals surface area contributed by atoms with Gasteiger partial charge in [0.2, 0.25) is 0 Å². The standard InChI is InChI=1S/C25H20O8S2/c26-19-8-4-16(5-9-19)14-34(30,31)23-3-1-2-21-22(23)12-18(25(28)29)13-24(21)35(32,33)15-17-6-10-20(27)11-7-17/h1-13,26-27H,14-15H2,(H,28,29). The summed E-state index contributed by atoms with van der Waals surface area (Å²) in [6, 6.07) is 17.5. The minimum Gasteiger partial charge on any atom is -0.508 e. The lowest BCUT2D eigenvalue weighted by Gasteiger charge is -2.14. The van der Waals surface area contributed by atoms with Crippen LogP contribution >= 0.6 is 0 Å². The number of sulfone groups is 2. The van der Waals surface area contributed by atoms with Crippen LogP contribution in [0.15, 0.2) is 88.7 Å². The van der Waals surface area contributed by atoms with Crippen LogP contribution in [0, 0.1) is 0 Å². The maximum Gasteiger partial charge on any atom is 0.335 e. The molecule has 0 amide bonds. The smallest absolute Gasteiger partial charge is 0.335 e. The summed E-state index contributed by atoms with van der Waals surface area (Å²) in [6.45, 7) is 0. The number of rotatable bonds is 7. The van der Waals surface area contributed by atoms with E-state index >= 15 is 0 Å². The lowest BCUT2D eigenvalue weighted by Crippen LogP contribution is -2.10. The third-order valence-electron chi connectivity index (χ3n) is 5.42. The van der Waals surface area contributed by atoms with Crippen LogP contribution < -0.4 is 0 Å². The molecule has 4 aromatic carbocycles. The molecule has 180 valence electrons. The zero-order valence-corrected chi connectivity index (χ0v) is 19.8. The predicted molar refractivity (Wildman–Crippen MR) is 129 cm³/mol. The Morgan fingerprint density at radius 2 is 1.11 bits per heavy atom. The second-order valence-corrected chi connectivity index (χ2v) is 11.9. The van der Waals surface area contributed by atoms with Gasteiger partial charge in [0.25, 0.3) is 0 Å². The van der Waals surface area contributed by atoms with E-state index in [9.17, 15) is 36.9 Å². The molecular formula is C25H20O8S2. The molecule has 10 heteroatoms. The van der Waals surface area contributed by atoms with E-state index in [1.165, 1.54) is 66.7 Å². The van der Waals surface area contributed by atoms with Gasteiger partial charge in [-0.25, -0.2) is 21.6 Å². The number of aromatic hydroxyl groups is 2. The fourth-order valence-electron chi connectivity index (χ4n) is 3.75. The number of carboxylic acid groups (broad SMARTS) is 1. The van der Waals surface area contributed by atoms with Gasteiger partial charge >= 0.3 is 5.97 Å². The minimum atomic E-state index is -4.10. The molecular weight excluding hydrogens is 492 g/mol. The summed E-state index contributed by atoms with van der Waals surface area (Å²) in [7, 11) is -8.12. The van der Waals surface area contributed by atoms with Crippen molar-refractivity contribution in [2.75, 3.05) is 0 Å². The first-order valence-corrected chi connectivity index (χ1v) is 13.6. The Labute approximate surface area is 201 Å². The van der Waals surface area contributed by atoms with Crippen LogP contribution in [0.25, 0.3) is 10.8 Å². The molecule has 0 saturated heterocycles. The summed E-state index contributed by atoms with van der Waals surface area (Å²) in [5.74, 6) is -2.37. The predicted octanol–water partition coefficient (Wildman–Crippen LogP) is 3.90. The normalized spacial score (nSPS) is 12.0. The zero-order chi connectivity index (χ0) is 25.4. The lowest BCUT2D eigenvalue weighted by molar-refractivity contribution is 0.0696. The summed E-state index contributed by atoms with van der Waals surface area (Å²) in [4.78, 5) is 11.3. The first-order valence-electron chi connectivity index (χ1n) is 10.3. The molecule has 0 fully saturated rings. The molecule has 0 heterocycles. The third-order valence-corrected chi connectivity index (χ3v) is 8.88. The monoisotopic (exact) mass is 512 g/mol. The molecule has 0 aliphatic carbocycles. The van der Waals surface area contributed by atoms with Gasteiger partial charge in [0, 0.05) is 10.8 Å². The fourth-order valence-corrected chi connectivity index (χ4v) is 6.94. The quantitative estimate of drug-likeness (QED) is 0.338. The van der Waals surface area contributed by atoms with Gasteiger partial charge in [-0.2, -0.15) is 0 Å². The SMILES string of the molecule is O=C(O)c1cc(S(=O)(=O)Cc2ccc(O)cc2)c2cccc(S(=O)(=O)Cc3ccc(O)cc3)c2c1. The van der Waals surface area contributed by atoms with Crippen molar-refractivity contribution in [1.82, 2.24) is 0 Å². The first kappa shape index (κ1) is 24.2. The average molecular weight is 513 g/mol. The minimum absolute atomic E-state index is 0.0181. The first-order chi connectivity index (χ1) is 16.5. The summed E-state index contributed by atoms with van der Waals surface area (Å²) >= 11 is 0. The van der Waals surface area contributed by atoms with Gasteiger partial charge in [-0.3, -0.25) is 0 Å². The Kier molecular flexibility index (Phi) is 6.27. The van der Waals surface area contributed by atoms with Gasteiger partial charge in [-0.1, -0.05) is 36.4 Å². The van der Waals surface area contributed by atoms with Gasteiger partial charge in [-0.15, -0.1) is 0 Å². The summed E-state index contributed by atoms with van der Waals surface area (Å²) in [5, 5.41) is 28.6. The number of aromatic carboxylic acids is 1. The van der Waals surface area contributed by atoms with Gasteiger partial charge in [0.05, 0.1) is 26.9 Å². The van der Waals surface area contributed by atoms with Crippen LogP contribution in [0.5, 0.6) is 11.5 Å². The van der Waals surface area contributed by atoms with E-state index in [0.29, 0.717) is 11.1 Å². The number of hydrogen-bond donors (Lipinski definition) is 3. The van der Waals surface area contributed by atoms with E-state index in [4.69, 9.17) is 0 Å². The van der Waals surface area contributed by atoms with Crippen LogP contribution in [0.3, 0.4) is 0 Å². The van der Waals surface area contributed by atoms with Crippen molar-refractivity contribution in [2.45, 2.75) is 21.3 Å². The maximum atomic E-state index is 13.3. The lowest BCUT2D eigenvalue weighted by atomic mass is 10.1. The van der Waals surface area contributed by atoms with Crippen molar-refractivity contribution >= 4 is 36.4 Å². The molecule has 8 nitrogen and oxygen atoms in total. The highest BCUT2D eigenvalue weighted by molar-refractivity contribution is 7.91. The number of benzene rings is 4. The van der Waals surface area contributed by atoms with Crippen molar-refractivity contribution in [3.8, 4) is 11.5 Å². The van der Waals surface area contributed by atoms with Gasteiger partial charge in [0.1, 0.15) is 11.5 Å². The van der Waals surface area contributed by atoms with Crippen molar-refractivity contribution in [3.05, 3.63) is 95.6 Å². The second kappa shape index (κ2) is 9.05. The Morgan fingerprint density at radius 1 is 0.629 bits per heavy atom. The van der Waals surface area contributed by atoms with Crippen molar-refractivity contribution in [1.29, 1.82) is 0 Å². The van der Waals surface area contributed by atoms with E-state index in [-0.39, 0.29) is 37.6 Å². The topological polar surface area (TPSA) is 146 Å². The molecule has 35 heavy (non-hydrogen) atoms. The van der Waals surface area contributed by atoms with E-state index in [1.54, 1.807) is 0 Å². The molecule has 4 rings (SSSR count). The van der Waals surface area contributed by atoms with E-state index in [1.807, 2.05) is 0 Å². The van der Waals surface area contributed by atoms with Crippen LogP contribution in [-0.2, 0) is 31.2 Å². The third kappa shape index (κ3) is 5.13. The van der Waals surface area contributed by atoms with E-state index < -0.39 is 37.1 Å². The second-order valence-electron chi connectivity index (χ2n) is 7.98. The highest BCUT2D eigenvalue weighted by Crippen LogP contribution is 2.33. The van der Waals surface area contributed by atoms with E-state index in [2.05, 4.69) is 0 Å². The molecule has 0 unspecified atom stereocenters.